The van der Waals surface area contributed by atoms with Gasteiger partial charge >= 0.3 is 0 Å². The van der Waals surface area contributed by atoms with Crippen LogP contribution in [0.2, 0.25) is 10.0 Å². The highest BCUT2D eigenvalue weighted by atomic mass is 79.9. The highest BCUT2D eigenvalue weighted by Crippen LogP contribution is 2.44. The van der Waals surface area contributed by atoms with E-state index in [-0.39, 0.29) is 11.6 Å². The molecule has 0 N–H and O–H groups in total. The van der Waals surface area contributed by atoms with Crippen LogP contribution in [0.25, 0.3) is 16.9 Å². The lowest BCUT2D eigenvalue weighted by Crippen LogP contribution is -2.55. The Morgan fingerprint density at radius 2 is 1.89 bits per heavy atom. The van der Waals surface area contributed by atoms with Gasteiger partial charge < -0.3 is 19.1 Å². The molecule has 0 atom stereocenters. The number of nitrogens with zero attached hydrogens (tertiary/aromatic N) is 3. The maximum Gasteiger partial charge on any atom is 0.278 e. The van der Waals surface area contributed by atoms with Crippen LogP contribution in [-0.4, -0.2) is 59.6 Å². The van der Waals surface area contributed by atoms with E-state index >= 15 is 0 Å². The minimum absolute atomic E-state index is 0.211. The average Bonchev–Trinajstić information content (AvgIpc) is 3.08. The van der Waals surface area contributed by atoms with Crippen molar-refractivity contribution in [3.8, 4) is 28.4 Å². The van der Waals surface area contributed by atoms with Crippen LogP contribution in [0.5, 0.6) is 11.5 Å². The van der Waals surface area contributed by atoms with Crippen molar-refractivity contribution in [2.24, 2.45) is 0 Å². The summed E-state index contributed by atoms with van der Waals surface area (Å²) in [6, 6.07) is 9.13. The predicted octanol–water partition coefficient (Wildman–Crippen LogP) is 5.80. The van der Waals surface area contributed by atoms with E-state index in [9.17, 15) is 4.79 Å². The zero-order valence-corrected chi connectivity index (χ0v) is 22.6. The van der Waals surface area contributed by atoms with Crippen molar-refractivity contribution in [2.45, 2.75) is 25.8 Å². The van der Waals surface area contributed by atoms with Crippen LogP contribution in [0.15, 0.2) is 34.8 Å². The molecule has 35 heavy (non-hydrogen) atoms. The lowest BCUT2D eigenvalue weighted by Gasteiger charge is -2.41. The Balaban J connectivity index is 1.76. The molecule has 7 nitrogen and oxygen atoms in total. The van der Waals surface area contributed by atoms with Gasteiger partial charge in [-0.25, -0.2) is 4.68 Å². The smallest absolute Gasteiger partial charge is 0.278 e. The maximum atomic E-state index is 13.9. The first-order chi connectivity index (χ1) is 16.7. The normalized spacial score (nSPS) is 16.7. The zero-order valence-electron chi connectivity index (χ0n) is 19.5. The van der Waals surface area contributed by atoms with Crippen molar-refractivity contribution in [2.75, 3.05) is 33.5 Å². The van der Waals surface area contributed by atoms with Crippen LogP contribution in [0, 0.1) is 0 Å². The number of rotatable bonds is 3. The molecule has 1 saturated heterocycles. The molecule has 184 valence electrons. The summed E-state index contributed by atoms with van der Waals surface area (Å²) in [4.78, 5) is 15.7. The number of carbonyl (C=O) groups is 1. The van der Waals surface area contributed by atoms with Crippen molar-refractivity contribution in [3.05, 3.63) is 56.1 Å². The molecule has 2 aromatic carbocycles. The zero-order chi connectivity index (χ0) is 24.9. The highest BCUT2D eigenvalue weighted by molar-refractivity contribution is 9.10. The second-order valence-corrected chi connectivity index (χ2v) is 10.9. The molecule has 10 heteroatoms. The van der Waals surface area contributed by atoms with Crippen LogP contribution in [0.1, 0.15) is 29.9 Å². The third-order valence-electron chi connectivity index (χ3n) is 6.28. The Morgan fingerprint density at radius 3 is 2.57 bits per heavy atom. The van der Waals surface area contributed by atoms with E-state index in [4.69, 9.17) is 42.5 Å². The maximum absolute atomic E-state index is 13.9. The van der Waals surface area contributed by atoms with Gasteiger partial charge in [-0.15, -0.1) is 0 Å². The summed E-state index contributed by atoms with van der Waals surface area (Å²) in [6.45, 7) is 5.74. The first kappa shape index (κ1) is 24.4. The van der Waals surface area contributed by atoms with Gasteiger partial charge in [0.1, 0.15) is 11.4 Å². The van der Waals surface area contributed by atoms with Gasteiger partial charge in [0.2, 0.25) is 0 Å². The van der Waals surface area contributed by atoms with Crippen molar-refractivity contribution in [1.29, 1.82) is 0 Å². The molecule has 1 fully saturated rings. The van der Waals surface area contributed by atoms with Gasteiger partial charge in [-0.2, -0.15) is 5.10 Å². The molecular formula is C25H24BrCl2N3O4. The van der Waals surface area contributed by atoms with Crippen LogP contribution >= 0.6 is 39.1 Å². The number of ether oxygens (including phenoxy) is 3. The lowest BCUT2D eigenvalue weighted by atomic mass is 10.00. The Morgan fingerprint density at radius 1 is 1.14 bits per heavy atom. The molecule has 0 radical (unpaired) electrons. The molecular weight excluding hydrogens is 557 g/mol. The molecule has 0 saturated carbocycles. The number of morpholine rings is 1. The molecule has 0 unspecified atom stereocenters. The van der Waals surface area contributed by atoms with E-state index < -0.39 is 5.54 Å². The molecule has 3 heterocycles. The number of hydrogen-bond donors (Lipinski definition) is 0. The fourth-order valence-electron chi connectivity index (χ4n) is 4.57. The SMILES string of the molecule is COc1cc2c(cc1Br)-c1c(c(C(=O)N3CCOCC3(C)C)nn1-c1cc(Cl)cc(Cl)c1)OCC2. The number of benzene rings is 2. The van der Waals surface area contributed by atoms with Crippen LogP contribution in [-0.2, 0) is 11.2 Å². The summed E-state index contributed by atoms with van der Waals surface area (Å²) >= 11 is 16.3. The number of carbonyl (C=O) groups excluding carboxylic acids is 1. The van der Waals surface area contributed by atoms with E-state index in [1.807, 2.05) is 26.0 Å². The molecule has 1 aromatic heterocycles. The Bertz CT molecular complexity index is 1300. The van der Waals surface area contributed by atoms with Gasteiger partial charge in [0.05, 0.1) is 42.6 Å². The molecule has 2 aliphatic heterocycles. The number of fused-ring (bicyclic) bond motifs is 3. The Kier molecular flexibility index (Phi) is 6.50. The number of aromatic nitrogens is 2. The minimum Gasteiger partial charge on any atom is -0.496 e. The van der Waals surface area contributed by atoms with Gasteiger partial charge in [-0.05, 0) is 65.7 Å². The number of amides is 1. The fraction of sp³-hybridized carbons (Fsp3) is 0.360. The van der Waals surface area contributed by atoms with Gasteiger partial charge in [-0.1, -0.05) is 23.2 Å². The van der Waals surface area contributed by atoms with E-state index in [2.05, 4.69) is 15.9 Å². The minimum atomic E-state index is -0.482. The molecule has 0 aliphatic carbocycles. The van der Waals surface area contributed by atoms with Crippen LogP contribution in [0.3, 0.4) is 0 Å². The molecule has 0 bridgehead atoms. The van der Waals surface area contributed by atoms with Crippen molar-refractivity contribution in [1.82, 2.24) is 14.7 Å². The van der Waals surface area contributed by atoms with Crippen molar-refractivity contribution in [3.63, 3.8) is 0 Å². The standard InChI is InChI=1S/C25H24BrCl2N3O4/c1-25(2)13-34-7-5-30(25)24(32)21-23-22(31(29-21)17-10-15(27)9-16(28)11-17)18-12-19(26)20(33-3)8-14(18)4-6-35-23/h8-12H,4-7,13H2,1-3H3. The average molecular weight is 581 g/mol. The first-order valence-corrected chi connectivity index (χ1v) is 12.7. The van der Waals surface area contributed by atoms with E-state index in [0.29, 0.717) is 60.0 Å². The largest absolute Gasteiger partial charge is 0.496 e. The van der Waals surface area contributed by atoms with E-state index in [1.54, 1.807) is 34.9 Å². The summed E-state index contributed by atoms with van der Waals surface area (Å²) in [5, 5.41) is 5.72. The fourth-order valence-corrected chi connectivity index (χ4v) is 5.59. The summed E-state index contributed by atoms with van der Waals surface area (Å²) in [7, 11) is 1.63. The number of methoxy groups -OCH3 is 1. The summed E-state index contributed by atoms with van der Waals surface area (Å²) < 4.78 is 19.8. The van der Waals surface area contributed by atoms with Crippen molar-refractivity contribution < 1.29 is 19.0 Å². The predicted molar refractivity (Wildman–Crippen MR) is 138 cm³/mol. The highest BCUT2D eigenvalue weighted by Gasteiger charge is 2.39. The third-order valence-corrected chi connectivity index (χ3v) is 7.33. The summed E-state index contributed by atoms with van der Waals surface area (Å²) in [5.41, 5.74) is 2.95. The quantitative estimate of drug-likeness (QED) is 0.391. The van der Waals surface area contributed by atoms with E-state index in [0.717, 1.165) is 21.3 Å². The molecule has 3 aromatic rings. The third kappa shape index (κ3) is 4.42. The Labute approximate surface area is 222 Å². The second kappa shape index (κ2) is 9.32. The number of halogens is 3. The number of hydrogen-bond acceptors (Lipinski definition) is 5. The van der Waals surface area contributed by atoms with E-state index in [1.165, 1.54) is 0 Å². The van der Waals surface area contributed by atoms with Crippen LogP contribution < -0.4 is 9.47 Å². The van der Waals surface area contributed by atoms with Crippen molar-refractivity contribution >= 4 is 45.0 Å². The van der Waals surface area contributed by atoms with Gasteiger partial charge in [0.25, 0.3) is 5.91 Å². The monoisotopic (exact) mass is 579 g/mol. The lowest BCUT2D eigenvalue weighted by molar-refractivity contribution is -0.0374. The molecule has 0 spiro atoms. The molecule has 2 aliphatic rings. The van der Waals surface area contributed by atoms with Gasteiger partial charge in [0, 0.05) is 28.6 Å². The molecule has 1 amide bonds. The first-order valence-electron chi connectivity index (χ1n) is 11.2. The second-order valence-electron chi connectivity index (χ2n) is 9.13. The topological polar surface area (TPSA) is 65.8 Å². The van der Waals surface area contributed by atoms with Gasteiger partial charge in [-0.3, -0.25) is 4.79 Å². The Hall–Kier alpha value is -2.26. The summed E-state index contributed by atoms with van der Waals surface area (Å²) in [5.74, 6) is 0.942. The summed E-state index contributed by atoms with van der Waals surface area (Å²) in [6.07, 6.45) is 0.640. The van der Waals surface area contributed by atoms with Gasteiger partial charge in [0.15, 0.2) is 11.4 Å². The van der Waals surface area contributed by atoms with Crippen LogP contribution in [0.4, 0.5) is 0 Å². The molecule has 5 rings (SSSR count).